The molecule has 1 aromatic heterocycles. The van der Waals surface area contributed by atoms with Gasteiger partial charge in [0.25, 0.3) is 5.91 Å². The fourth-order valence-corrected chi connectivity index (χ4v) is 2.95. The smallest absolute Gasteiger partial charge is 0.251 e. The quantitative estimate of drug-likeness (QED) is 0.920. The number of imidazole rings is 1. The van der Waals surface area contributed by atoms with Gasteiger partial charge < -0.3 is 9.88 Å². The van der Waals surface area contributed by atoms with E-state index in [9.17, 15) is 4.79 Å². The van der Waals surface area contributed by atoms with E-state index in [1.165, 1.54) is 0 Å². The van der Waals surface area contributed by atoms with Crippen LogP contribution in [0, 0.1) is 20.8 Å². The number of nitrogens with zero attached hydrogens (tertiary/aromatic N) is 2. The molecule has 1 N–H and O–H groups in total. The summed E-state index contributed by atoms with van der Waals surface area (Å²) in [6.07, 6.45) is 3.93. The summed E-state index contributed by atoms with van der Waals surface area (Å²) in [6.45, 7) is 6.81. The van der Waals surface area contributed by atoms with Gasteiger partial charge in [0.15, 0.2) is 0 Å². The second-order valence-electron chi connectivity index (χ2n) is 5.98. The van der Waals surface area contributed by atoms with Gasteiger partial charge in [0, 0.05) is 30.8 Å². The summed E-state index contributed by atoms with van der Waals surface area (Å²) in [5.41, 5.74) is 3.96. The number of amides is 1. The molecule has 0 fully saturated rings. The topological polar surface area (TPSA) is 46.9 Å². The molecule has 0 spiro atoms. The molecule has 1 aliphatic heterocycles. The zero-order valence-corrected chi connectivity index (χ0v) is 12.8. The molecule has 0 bridgehead atoms. The van der Waals surface area contributed by atoms with Crippen molar-refractivity contribution in [2.24, 2.45) is 0 Å². The van der Waals surface area contributed by atoms with Crippen LogP contribution < -0.4 is 5.32 Å². The summed E-state index contributed by atoms with van der Waals surface area (Å²) in [4.78, 5) is 17.0. The van der Waals surface area contributed by atoms with E-state index in [2.05, 4.69) is 21.1 Å². The van der Waals surface area contributed by atoms with Crippen molar-refractivity contribution in [3.8, 4) is 0 Å². The van der Waals surface area contributed by atoms with Crippen LogP contribution in [0.15, 0.2) is 24.4 Å². The normalized spacial score (nSPS) is 17.4. The Morgan fingerprint density at radius 2 is 2.14 bits per heavy atom. The summed E-state index contributed by atoms with van der Waals surface area (Å²) in [5, 5.41) is 3.17. The highest BCUT2D eigenvalue weighted by molar-refractivity contribution is 5.96. The Labute approximate surface area is 125 Å². The highest BCUT2D eigenvalue weighted by Gasteiger charge is 2.22. The number of carbonyl (C=O) groups excluding carboxylic acids is 1. The average Bonchev–Trinajstić information content (AvgIpc) is 2.80. The van der Waals surface area contributed by atoms with Crippen LogP contribution in [0.2, 0.25) is 0 Å². The van der Waals surface area contributed by atoms with E-state index in [0.717, 1.165) is 47.6 Å². The summed E-state index contributed by atoms with van der Waals surface area (Å²) in [5.74, 6) is 1.16. The zero-order chi connectivity index (χ0) is 15.0. The van der Waals surface area contributed by atoms with E-state index in [1.54, 1.807) is 0 Å². The van der Waals surface area contributed by atoms with Gasteiger partial charge >= 0.3 is 0 Å². The van der Waals surface area contributed by atoms with Crippen molar-refractivity contribution in [1.82, 2.24) is 14.9 Å². The summed E-state index contributed by atoms with van der Waals surface area (Å²) >= 11 is 0. The third-order valence-corrected chi connectivity index (χ3v) is 4.09. The lowest BCUT2D eigenvalue weighted by atomic mass is 10.0. The molecule has 0 radical (unpaired) electrons. The van der Waals surface area contributed by atoms with Crippen LogP contribution in [0.4, 0.5) is 0 Å². The lowest BCUT2D eigenvalue weighted by Crippen LogP contribution is -2.41. The number of aromatic nitrogens is 2. The first-order valence-corrected chi connectivity index (χ1v) is 7.43. The van der Waals surface area contributed by atoms with Gasteiger partial charge in [-0.2, -0.15) is 0 Å². The number of fused-ring (bicyclic) bond motifs is 1. The number of hydrogen-bond donors (Lipinski definition) is 1. The Morgan fingerprint density at radius 3 is 2.95 bits per heavy atom. The first-order chi connectivity index (χ1) is 10.0. The van der Waals surface area contributed by atoms with Crippen LogP contribution in [0.3, 0.4) is 0 Å². The standard InChI is InChI=1S/C17H21N3O/c1-11-4-5-12(2)15(8-11)17(21)19-14-6-7-16-18-13(3)9-20(16)10-14/h4-5,8-9,14H,6-7,10H2,1-3H3,(H,19,21)/t14-/m0/s1. The zero-order valence-electron chi connectivity index (χ0n) is 12.8. The van der Waals surface area contributed by atoms with Gasteiger partial charge in [0.2, 0.25) is 0 Å². The van der Waals surface area contributed by atoms with Crippen molar-refractivity contribution in [3.63, 3.8) is 0 Å². The predicted molar refractivity (Wildman–Crippen MR) is 82.5 cm³/mol. The van der Waals surface area contributed by atoms with Crippen LogP contribution in [-0.2, 0) is 13.0 Å². The molecule has 110 valence electrons. The van der Waals surface area contributed by atoms with E-state index in [1.807, 2.05) is 39.0 Å². The molecule has 4 nitrogen and oxygen atoms in total. The molecule has 1 atom stereocenters. The van der Waals surface area contributed by atoms with E-state index in [0.29, 0.717) is 0 Å². The second-order valence-corrected chi connectivity index (χ2v) is 5.98. The van der Waals surface area contributed by atoms with Gasteiger partial charge in [-0.05, 0) is 38.8 Å². The Kier molecular flexibility index (Phi) is 3.53. The maximum absolute atomic E-state index is 12.5. The SMILES string of the molecule is Cc1ccc(C)c(C(=O)N[C@H]2CCc3nc(C)cn3C2)c1. The van der Waals surface area contributed by atoms with Gasteiger partial charge in [-0.3, -0.25) is 4.79 Å². The maximum atomic E-state index is 12.5. The molecular formula is C17H21N3O. The molecular weight excluding hydrogens is 262 g/mol. The van der Waals surface area contributed by atoms with Crippen LogP contribution in [0.5, 0.6) is 0 Å². The van der Waals surface area contributed by atoms with Gasteiger partial charge in [0.05, 0.1) is 5.69 Å². The van der Waals surface area contributed by atoms with Crippen molar-refractivity contribution >= 4 is 5.91 Å². The summed E-state index contributed by atoms with van der Waals surface area (Å²) in [7, 11) is 0. The van der Waals surface area contributed by atoms with Crippen LogP contribution >= 0.6 is 0 Å². The van der Waals surface area contributed by atoms with Crippen LogP contribution in [0.25, 0.3) is 0 Å². The number of nitrogens with one attached hydrogen (secondary N) is 1. The molecule has 1 amide bonds. The highest BCUT2D eigenvalue weighted by Crippen LogP contribution is 2.16. The predicted octanol–water partition coefficient (Wildman–Crippen LogP) is 2.55. The second kappa shape index (κ2) is 5.35. The third kappa shape index (κ3) is 2.84. The molecule has 3 rings (SSSR count). The maximum Gasteiger partial charge on any atom is 0.251 e. The number of aryl methyl sites for hydroxylation is 4. The summed E-state index contributed by atoms with van der Waals surface area (Å²) < 4.78 is 2.16. The Bertz CT molecular complexity index is 687. The molecule has 1 aliphatic rings. The Hall–Kier alpha value is -2.10. The van der Waals surface area contributed by atoms with Crippen LogP contribution in [0.1, 0.15) is 39.4 Å². The molecule has 0 saturated heterocycles. The van der Waals surface area contributed by atoms with Gasteiger partial charge in [0.1, 0.15) is 5.82 Å². The molecule has 0 unspecified atom stereocenters. The molecule has 4 heteroatoms. The lowest BCUT2D eigenvalue weighted by Gasteiger charge is -2.25. The van der Waals surface area contributed by atoms with E-state index in [-0.39, 0.29) is 11.9 Å². The van der Waals surface area contributed by atoms with Crippen molar-refractivity contribution in [2.75, 3.05) is 0 Å². The number of rotatable bonds is 2. The minimum absolute atomic E-state index is 0.0292. The molecule has 0 saturated carbocycles. The molecule has 1 aromatic carbocycles. The fourth-order valence-electron chi connectivity index (χ4n) is 2.95. The fraction of sp³-hybridized carbons (Fsp3) is 0.412. The molecule has 2 aromatic rings. The minimum Gasteiger partial charge on any atom is -0.347 e. The molecule has 21 heavy (non-hydrogen) atoms. The van der Waals surface area contributed by atoms with Gasteiger partial charge in [-0.15, -0.1) is 0 Å². The summed E-state index contributed by atoms with van der Waals surface area (Å²) in [6, 6.07) is 6.18. The number of hydrogen-bond acceptors (Lipinski definition) is 2. The molecule has 2 heterocycles. The monoisotopic (exact) mass is 283 g/mol. The Morgan fingerprint density at radius 1 is 1.33 bits per heavy atom. The van der Waals surface area contributed by atoms with E-state index < -0.39 is 0 Å². The Balaban J connectivity index is 1.73. The molecule has 0 aliphatic carbocycles. The third-order valence-electron chi connectivity index (χ3n) is 4.09. The van der Waals surface area contributed by atoms with Crippen molar-refractivity contribution in [2.45, 2.75) is 46.2 Å². The highest BCUT2D eigenvalue weighted by atomic mass is 16.1. The van der Waals surface area contributed by atoms with Crippen molar-refractivity contribution in [3.05, 3.63) is 52.6 Å². The first-order valence-electron chi connectivity index (χ1n) is 7.43. The van der Waals surface area contributed by atoms with Gasteiger partial charge in [-0.25, -0.2) is 4.98 Å². The number of carbonyl (C=O) groups is 1. The van der Waals surface area contributed by atoms with Crippen molar-refractivity contribution < 1.29 is 4.79 Å². The van der Waals surface area contributed by atoms with E-state index >= 15 is 0 Å². The van der Waals surface area contributed by atoms with Crippen molar-refractivity contribution in [1.29, 1.82) is 0 Å². The van der Waals surface area contributed by atoms with E-state index in [4.69, 9.17) is 0 Å². The lowest BCUT2D eigenvalue weighted by molar-refractivity contribution is 0.0927. The van der Waals surface area contributed by atoms with Gasteiger partial charge in [-0.1, -0.05) is 17.7 Å². The first kappa shape index (κ1) is 13.9. The largest absolute Gasteiger partial charge is 0.347 e. The number of benzene rings is 1. The minimum atomic E-state index is 0.0292. The average molecular weight is 283 g/mol. The van der Waals surface area contributed by atoms with Crippen LogP contribution in [-0.4, -0.2) is 21.5 Å².